The third-order valence-electron chi connectivity index (χ3n) is 4.99. The van der Waals surface area contributed by atoms with Crippen molar-refractivity contribution in [2.75, 3.05) is 7.05 Å². The van der Waals surface area contributed by atoms with Crippen LogP contribution in [0.4, 0.5) is 4.79 Å². The molecular formula is C19H23N5O4. The predicted octanol–water partition coefficient (Wildman–Crippen LogP) is 1.28. The van der Waals surface area contributed by atoms with Gasteiger partial charge in [0.2, 0.25) is 5.91 Å². The Morgan fingerprint density at radius 3 is 2.54 bits per heavy atom. The van der Waals surface area contributed by atoms with Crippen molar-refractivity contribution >= 4 is 17.9 Å². The molecule has 1 aromatic heterocycles. The third-order valence-corrected chi connectivity index (χ3v) is 4.99. The molecule has 148 valence electrons. The minimum absolute atomic E-state index is 0.0307. The fourth-order valence-corrected chi connectivity index (χ4v) is 3.44. The molecule has 0 unspecified atom stereocenters. The lowest BCUT2D eigenvalue weighted by Crippen LogP contribution is -2.53. The molecule has 0 aliphatic carbocycles. The molecule has 2 aromatic rings. The summed E-state index contributed by atoms with van der Waals surface area (Å²) in [6.07, 6.45) is 2.58. The molecule has 1 aliphatic heterocycles. The van der Waals surface area contributed by atoms with E-state index in [-0.39, 0.29) is 36.1 Å². The number of nitrogens with one attached hydrogen (secondary N) is 2. The highest BCUT2D eigenvalue weighted by atomic mass is 16.4. The van der Waals surface area contributed by atoms with E-state index >= 15 is 0 Å². The van der Waals surface area contributed by atoms with E-state index in [9.17, 15) is 14.4 Å². The number of aromatic nitrogens is 2. The molecule has 9 heteroatoms. The normalized spacial score (nSPS) is 19.4. The number of carboxylic acid groups (broad SMARTS) is 1. The molecule has 1 aromatic carbocycles. The van der Waals surface area contributed by atoms with Gasteiger partial charge in [-0.05, 0) is 30.2 Å². The zero-order valence-corrected chi connectivity index (χ0v) is 15.8. The predicted molar refractivity (Wildman–Crippen MR) is 101 cm³/mol. The van der Waals surface area contributed by atoms with Crippen molar-refractivity contribution in [3.8, 4) is 0 Å². The number of likely N-dealkylation sites (N-methyl/N-ethyl adjacent to an activating group) is 1. The number of hydrogen-bond donors (Lipinski definition) is 3. The third kappa shape index (κ3) is 4.13. The maximum absolute atomic E-state index is 12.4. The van der Waals surface area contributed by atoms with E-state index in [0.717, 1.165) is 11.3 Å². The van der Waals surface area contributed by atoms with Gasteiger partial charge in [0.05, 0.1) is 23.3 Å². The highest BCUT2D eigenvalue weighted by Crippen LogP contribution is 2.30. The first-order valence-corrected chi connectivity index (χ1v) is 8.97. The van der Waals surface area contributed by atoms with E-state index < -0.39 is 5.97 Å². The lowest BCUT2D eigenvalue weighted by molar-refractivity contribution is -0.136. The van der Waals surface area contributed by atoms with Crippen molar-refractivity contribution in [3.05, 3.63) is 53.3 Å². The van der Waals surface area contributed by atoms with E-state index in [4.69, 9.17) is 5.11 Å². The van der Waals surface area contributed by atoms with Crippen molar-refractivity contribution < 1.29 is 19.5 Å². The number of aryl methyl sites for hydroxylation is 1. The molecule has 2 atom stereocenters. The number of amides is 3. The number of carbonyl (C=O) groups is 3. The molecule has 1 aliphatic rings. The summed E-state index contributed by atoms with van der Waals surface area (Å²) in [5.41, 5.74) is 1.84. The van der Waals surface area contributed by atoms with Crippen LogP contribution in [0.3, 0.4) is 0 Å². The fourth-order valence-electron chi connectivity index (χ4n) is 3.44. The van der Waals surface area contributed by atoms with Crippen LogP contribution >= 0.6 is 0 Å². The molecule has 3 N–H and O–H groups in total. The molecule has 3 amide bonds. The van der Waals surface area contributed by atoms with Gasteiger partial charge in [0.15, 0.2) is 0 Å². The maximum Gasteiger partial charge on any atom is 0.335 e. The average molecular weight is 385 g/mol. The van der Waals surface area contributed by atoms with Crippen LogP contribution in [-0.2, 0) is 18.4 Å². The first kappa shape index (κ1) is 19.4. The number of rotatable bonds is 5. The van der Waals surface area contributed by atoms with E-state index in [0.29, 0.717) is 12.8 Å². The molecule has 0 saturated carbocycles. The summed E-state index contributed by atoms with van der Waals surface area (Å²) >= 11 is 0. The highest BCUT2D eigenvalue weighted by molar-refractivity contribution is 5.87. The van der Waals surface area contributed by atoms with E-state index in [1.165, 1.54) is 12.1 Å². The van der Waals surface area contributed by atoms with E-state index in [1.807, 2.05) is 6.07 Å². The van der Waals surface area contributed by atoms with Crippen LogP contribution in [0.2, 0.25) is 0 Å². The largest absolute Gasteiger partial charge is 0.478 e. The summed E-state index contributed by atoms with van der Waals surface area (Å²) in [6, 6.07) is 7.28. The van der Waals surface area contributed by atoms with E-state index in [2.05, 4.69) is 15.7 Å². The van der Waals surface area contributed by atoms with Gasteiger partial charge in [0.25, 0.3) is 0 Å². The van der Waals surface area contributed by atoms with E-state index in [1.54, 1.807) is 42.0 Å². The van der Waals surface area contributed by atoms with Crippen LogP contribution in [0.5, 0.6) is 0 Å². The Labute approximate surface area is 162 Å². The Morgan fingerprint density at radius 1 is 1.21 bits per heavy atom. The molecule has 1 saturated heterocycles. The standard InChI is InChI=1S/C19H23N5O4/c1-23-16(25)8-7-14(17(23)15-9-10-21-24(15)2)22-19(28)20-11-12-3-5-13(6-4-12)18(26)27/h3-6,9-10,14,17H,7-8,11H2,1-2H3,(H,26,27)(H2,20,22,28)/t14-,17-/m1/s1. The number of hydrogen-bond acceptors (Lipinski definition) is 4. The smallest absolute Gasteiger partial charge is 0.335 e. The molecule has 0 bridgehead atoms. The highest BCUT2D eigenvalue weighted by Gasteiger charge is 2.37. The number of carboxylic acids is 1. The van der Waals surface area contributed by atoms with Crippen molar-refractivity contribution in [1.29, 1.82) is 0 Å². The average Bonchev–Trinajstić information content (AvgIpc) is 3.09. The fraction of sp³-hybridized carbons (Fsp3) is 0.368. The molecule has 0 radical (unpaired) electrons. The summed E-state index contributed by atoms with van der Waals surface area (Å²) in [5, 5.41) is 18.8. The molecule has 9 nitrogen and oxygen atoms in total. The summed E-state index contributed by atoms with van der Waals surface area (Å²) in [5.74, 6) is -0.961. The number of likely N-dealkylation sites (tertiary alicyclic amines) is 1. The molecule has 3 rings (SSSR count). The van der Waals surface area contributed by atoms with Gasteiger partial charge in [-0.25, -0.2) is 9.59 Å². The number of urea groups is 1. The monoisotopic (exact) mass is 385 g/mol. The number of carbonyl (C=O) groups excluding carboxylic acids is 2. The number of aromatic carboxylic acids is 1. The summed E-state index contributed by atoms with van der Waals surface area (Å²) < 4.78 is 1.70. The van der Waals surface area contributed by atoms with Crippen molar-refractivity contribution in [3.63, 3.8) is 0 Å². The van der Waals surface area contributed by atoms with Crippen LogP contribution in [0, 0.1) is 0 Å². The van der Waals surface area contributed by atoms with Crippen LogP contribution < -0.4 is 10.6 Å². The first-order chi connectivity index (χ1) is 13.4. The zero-order valence-electron chi connectivity index (χ0n) is 15.8. The van der Waals surface area contributed by atoms with Crippen molar-refractivity contribution in [1.82, 2.24) is 25.3 Å². The van der Waals surface area contributed by atoms with Crippen molar-refractivity contribution in [2.24, 2.45) is 7.05 Å². The minimum atomic E-state index is -0.991. The maximum atomic E-state index is 12.4. The second kappa shape index (κ2) is 8.12. The Bertz CT molecular complexity index is 877. The Kier molecular flexibility index (Phi) is 5.62. The quantitative estimate of drug-likeness (QED) is 0.717. The lowest BCUT2D eigenvalue weighted by Gasteiger charge is -2.39. The second-order valence-corrected chi connectivity index (χ2v) is 6.80. The Balaban J connectivity index is 1.63. The SMILES string of the molecule is CN1C(=O)CC[C@@H](NC(=O)NCc2ccc(C(=O)O)cc2)[C@@H]1c1ccnn1C. The second-order valence-electron chi connectivity index (χ2n) is 6.80. The lowest BCUT2D eigenvalue weighted by atomic mass is 9.93. The number of benzene rings is 1. The summed E-state index contributed by atoms with van der Waals surface area (Å²) in [4.78, 5) is 37.1. The van der Waals surface area contributed by atoms with Crippen LogP contribution in [0.1, 0.15) is 40.5 Å². The minimum Gasteiger partial charge on any atom is -0.478 e. The van der Waals surface area contributed by atoms with Crippen LogP contribution in [0.15, 0.2) is 36.5 Å². The van der Waals surface area contributed by atoms with Gasteiger partial charge in [-0.15, -0.1) is 0 Å². The van der Waals surface area contributed by atoms with Gasteiger partial charge in [0.1, 0.15) is 0 Å². The van der Waals surface area contributed by atoms with Gasteiger partial charge < -0.3 is 20.6 Å². The van der Waals surface area contributed by atoms with Crippen LogP contribution in [-0.4, -0.2) is 50.8 Å². The number of piperidine rings is 1. The van der Waals surface area contributed by atoms with Gasteiger partial charge >= 0.3 is 12.0 Å². The molecule has 2 heterocycles. The van der Waals surface area contributed by atoms with Gasteiger partial charge in [-0.2, -0.15) is 5.10 Å². The van der Waals surface area contributed by atoms with Gasteiger partial charge in [-0.3, -0.25) is 9.48 Å². The molecule has 28 heavy (non-hydrogen) atoms. The van der Waals surface area contributed by atoms with Gasteiger partial charge in [0, 0.05) is 33.3 Å². The Morgan fingerprint density at radius 2 is 1.93 bits per heavy atom. The van der Waals surface area contributed by atoms with Crippen LogP contribution in [0.25, 0.3) is 0 Å². The molecule has 1 fully saturated rings. The Hall–Kier alpha value is -3.36. The molecule has 0 spiro atoms. The van der Waals surface area contributed by atoms with Gasteiger partial charge in [-0.1, -0.05) is 12.1 Å². The van der Waals surface area contributed by atoms with Crippen molar-refractivity contribution in [2.45, 2.75) is 31.5 Å². The molecular weight excluding hydrogens is 362 g/mol. The topological polar surface area (TPSA) is 117 Å². The summed E-state index contributed by atoms with van der Waals surface area (Å²) in [6.45, 7) is 0.267. The first-order valence-electron chi connectivity index (χ1n) is 8.97. The summed E-state index contributed by atoms with van der Waals surface area (Å²) in [7, 11) is 3.54. The number of nitrogens with zero attached hydrogens (tertiary/aromatic N) is 3. The zero-order chi connectivity index (χ0) is 20.3.